The minimum atomic E-state index is -0.933. The molecule has 0 heterocycles. The maximum atomic E-state index is 12.8. The molecule has 112 valence electrons. The highest BCUT2D eigenvalue weighted by Gasteiger charge is 2.27. The van der Waals surface area contributed by atoms with Crippen LogP contribution in [-0.2, 0) is 4.79 Å². The number of aliphatic hydroxyl groups excluding tert-OH is 1. The Morgan fingerprint density at radius 2 is 1.85 bits per heavy atom. The van der Waals surface area contributed by atoms with Crippen LogP contribution in [0.15, 0.2) is 24.3 Å². The predicted molar refractivity (Wildman–Crippen MR) is 74.8 cm³/mol. The lowest BCUT2D eigenvalue weighted by Crippen LogP contribution is -2.48. The van der Waals surface area contributed by atoms with E-state index in [1.165, 1.54) is 24.3 Å². The van der Waals surface area contributed by atoms with Crippen molar-refractivity contribution in [2.75, 3.05) is 0 Å². The molecule has 0 radical (unpaired) electrons. The van der Waals surface area contributed by atoms with E-state index < -0.39 is 24.2 Å². The van der Waals surface area contributed by atoms with E-state index in [4.69, 9.17) is 0 Å². The molecule has 0 aliphatic heterocycles. The average Bonchev–Trinajstić information content (AvgIpc) is 2.43. The van der Waals surface area contributed by atoms with Gasteiger partial charge >= 0.3 is 5.97 Å². The lowest BCUT2D eigenvalue weighted by Gasteiger charge is -2.27. The standard InChI is InChI=1S/C15H22FNO3/c1-4-9(2)13(15(19)20)17-10(3)14(18)11-5-7-12(16)8-6-11/h5-10,13-14,17-18H,4H2,1-3H3,(H,19,20). The molecular weight excluding hydrogens is 261 g/mol. The maximum absolute atomic E-state index is 12.8. The zero-order valence-electron chi connectivity index (χ0n) is 12.0. The van der Waals surface area contributed by atoms with E-state index in [0.29, 0.717) is 5.56 Å². The largest absolute Gasteiger partial charge is 0.480 e. The molecule has 0 amide bonds. The molecule has 4 atom stereocenters. The quantitative estimate of drug-likeness (QED) is 0.718. The maximum Gasteiger partial charge on any atom is 0.320 e. The number of carbonyl (C=O) groups is 1. The average molecular weight is 283 g/mol. The highest BCUT2D eigenvalue weighted by atomic mass is 19.1. The number of carboxylic acids is 1. The van der Waals surface area contributed by atoms with Crippen LogP contribution in [0.4, 0.5) is 4.39 Å². The van der Waals surface area contributed by atoms with E-state index in [1.54, 1.807) is 6.92 Å². The van der Waals surface area contributed by atoms with Crippen molar-refractivity contribution in [1.29, 1.82) is 0 Å². The molecule has 4 nitrogen and oxygen atoms in total. The lowest BCUT2D eigenvalue weighted by atomic mass is 9.96. The van der Waals surface area contributed by atoms with E-state index in [0.717, 1.165) is 6.42 Å². The smallest absolute Gasteiger partial charge is 0.320 e. The van der Waals surface area contributed by atoms with Crippen molar-refractivity contribution in [1.82, 2.24) is 5.32 Å². The fraction of sp³-hybridized carbons (Fsp3) is 0.533. The van der Waals surface area contributed by atoms with Crippen LogP contribution in [0.25, 0.3) is 0 Å². The van der Waals surface area contributed by atoms with Crippen molar-refractivity contribution in [2.24, 2.45) is 5.92 Å². The predicted octanol–water partition coefficient (Wildman–Crippen LogP) is 2.34. The van der Waals surface area contributed by atoms with Crippen LogP contribution in [-0.4, -0.2) is 28.3 Å². The molecule has 0 saturated carbocycles. The van der Waals surface area contributed by atoms with E-state index in [9.17, 15) is 19.4 Å². The minimum Gasteiger partial charge on any atom is -0.480 e. The molecule has 4 unspecified atom stereocenters. The molecule has 1 rings (SSSR count). The van der Waals surface area contributed by atoms with Gasteiger partial charge in [-0.2, -0.15) is 0 Å². The second kappa shape index (κ2) is 7.36. The zero-order chi connectivity index (χ0) is 15.3. The summed E-state index contributed by atoms with van der Waals surface area (Å²) in [6, 6.07) is 4.37. The summed E-state index contributed by atoms with van der Waals surface area (Å²) in [7, 11) is 0. The van der Waals surface area contributed by atoms with Crippen LogP contribution in [0.1, 0.15) is 38.9 Å². The first-order chi connectivity index (χ1) is 9.36. The Morgan fingerprint density at radius 3 is 2.30 bits per heavy atom. The third kappa shape index (κ3) is 4.28. The fourth-order valence-electron chi connectivity index (χ4n) is 2.04. The summed E-state index contributed by atoms with van der Waals surface area (Å²) in [4.78, 5) is 11.2. The van der Waals surface area contributed by atoms with Crippen molar-refractivity contribution in [2.45, 2.75) is 45.4 Å². The van der Waals surface area contributed by atoms with E-state index in [1.807, 2.05) is 13.8 Å². The van der Waals surface area contributed by atoms with Crippen molar-refractivity contribution in [3.05, 3.63) is 35.6 Å². The molecule has 0 spiro atoms. The number of aliphatic hydroxyl groups is 1. The first kappa shape index (κ1) is 16.6. The van der Waals surface area contributed by atoms with Gasteiger partial charge in [-0.25, -0.2) is 4.39 Å². The summed E-state index contributed by atoms with van der Waals surface area (Å²) >= 11 is 0. The second-order valence-corrected chi connectivity index (χ2v) is 5.15. The Labute approximate surface area is 118 Å². The van der Waals surface area contributed by atoms with Gasteiger partial charge in [0.25, 0.3) is 0 Å². The number of nitrogens with one attached hydrogen (secondary N) is 1. The van der Waals surface area contributed by atoms with Gasteiger partial charge in [-0.05, 0) is 30.5 Å². The van der Waals surface area contributed by atoms with Crippen molar-refractivity contribution in [3.63, 3.8) is 0 Å². The summed E-state index contributed by atoms with van der Waals surface area (Å²) in [6.07, 6.45) is -0.162. The highest BCUT2D eigenvalue weighted by molar-refractivity contribution is 5.73. The van der Waals surface area contributed by atoms with Crippen LogP contribution in [0.3, 0.4) is 0 Å². The molecule has 0 aliphatic carbocycles. The summed E-state index contributed by atoms with van der Waals surface area (Å²) in [6.45, 7) is 5.48. The molecule has 1 aromatic rings. The Morgan fingerprint density at radius 1 is 1.30 bits per heavy atom. The molecule has 20 heavy (non-hydrogen) atoms. The number of benzene rings is 1. The molecule has 0 aromatic heterocycles. The molecular formula is C15H22FNO3. The van der Waals surface area contributed by atoms with Gasteiger partial charge in [-0.3, -0.25) is 10.1 Å². The second-order valence-electron chi connectivity index (χ2n) is 5.15. The van der Waals surface area contributed by atoms with E-state index in [2.05, 4.69) is 5.32 Å². The first-order valence-electron chi connectivity index (χ1n) is 6.79. The summed E-state index contributed by atoms with van der Waals surface area (Å²) in [5.74, 6) is -1.35. The summed E-state index contributed by atoms with van der Waals surface area (Å²) < 4.78 is 12.8. The molecule has 0 aliphatic rings. The van der Waals surface area contributed by atoms with E-state index >= 15 is 0 Å². The molecule has 0 bridgehead atoms. The monoisotopic (exact) mass is 283 g/mol. The van der Waals surface area contributed by atoms with Gasteiger partial charge in [0.1, 0.15) is 11.9 Å². The van der Waals surface area contributed by atoms with Crippen LogP contribution in [0.2, 0.25) is 0 Å². The SMILES string of the molecule is CCC(C)C(NC(C)C(O)c1ccc(F)cc1)C(=O)O. The zero-order valence-corrected chi connectivity index (χ0v) is 12.0. The Balaban J connectivity index is 2.75. The number of carboxylic acid groups (broad SMARTS) is 1. The van der Waals surface area contributed by atoms with Crippen molar-refractivity contribution in [3.8, 4) is 0 Å². The molecule has 0 fully saturated rings. The summed E-state index contributed by atoms with van der Waals surface area (Å²) in [5.41, 5.74) is 0.555. The van der Waals surface area contributed by atoms with Crippen LogP contribution < -0.4 is 5.32 Å². The number of hydrogen-bond donors (Lipinski definition) is 3. The van der Waals surface area contributed by atoms with Crippen LogP contribution in [0.5, 0.6) is 0 Å². The lowest BCUT2D eigenvalue weighted by molar-refractivity contribution is -0.141. The topological polar surface area (TPSA) is 69.6 Å². The van der Waals surface area contributed by atoms with Crippen LogP contribution in [0, 0.1) is 11.7 Å². The third-order valence-corrected chi connectivity index (χ3v) is 3.61. The third-order valence-electron chi connectivity index (χ3n) is 3.61. The minimum absolute atomic E-state index is 0.0460. The van der Waals surface area contributed by atoms with Crippen LogP contribution >= 0.6 is 0 Å². The van der Waals surface area contributed by atoms with Crippen molar-refractivity contribution >= 4 is 5.97 Å². The van der Waals surface area contributed by atoms with Gasteiger partial charge in [0, 0.05) is 6.04 Å². The summed E-state index contributed by atoms with van der Waals surface area (Å²) in [5, 5.41) is 22.3. The van der Waals surface area contributed by atoms with Gasteiger partial charge in [0.15, 0.2) is 0 Å². The number of halogens is 1. The van der Waals surface area contributed by atoms with E-state index in [-0.39, 0.29) is 11.7 Å². The number of aliphatic carboxylic acids is 1. The van der Waals surface area contributed by atoms with Gasteiger partial charge in [0.05, 0.1) is 6.10 Å². The number of hydrogen-bond acceptors (Lipinski definition) is 3. The van der Waals surface area contributed by atoms with Gasteiger partial charge in [-0.1, -0.05) is 32.4 Å². The first-order valence-corrected chi connectivity index (χ1v) is 6.79. The highest BCUT2D eigenvalue weighted by Crippen LogP contribution is 2.19. The molecule has 3 N–H and O–H groups in total. The Bertz CT molecular complexity index is 435. The normalized spacial score (nSPS) is 17.2. The molecule has 0 saturated heterocycles. The molecule has 1 aromatic carbocycles. The fourth-order valence-corrected chi connectivity index (χ4v) is 2.04. The van der Waals surface area contributed by atoms with Gasteiger partial charge in [0.2, 0.25) is 0 Å². The molecule has 5 heteroatoms. The van der Waals surface area contributed by atoms with Gasteiger partial charge in [-0.15, -0.1) is 0 Å². The Kier molecular flexibility index (Phi) is 6.10. The van der Waals surface area contributed by atoms with Crippen molar-refractivity contribution < 1.29 is 19.4 Å². The number of rotatable bonds is 7. The van der Waals surface area contributed by atoms with Gasteiger partial charge < -0.3 is 10.2 Å². The Hall–Kier alpha value is -1.46.